The molecule has 0 bridgehead atoms. The third-order valence-electron chi connectivity index (χ3n) is 4.81. The first-order valence-electron chi connectivity index (χ1n) is 9.81. The number of para-hydroxylation sites is 1. The van der Waals surface area contributed by atoms with Gasteiger partial charge in [-0.05, 0) is 61.0 Å². The summed E-state index contributed by atoms with van der Waals surface area (Å²) in [4.78, 5) is 14.9. The molecule has 0 aromatic heterocycles. The molecule has 0 radical (unpaired) electrons. The molecule has 1 aliphatic heterocycles. The lowest BCUT2D eigenvalue weighted by Gasteiger charge is -2.15. The maximum absolute atomic E-state index is 13.1. The topological polar surface area (TPSA) is 72.9 Å². The maximum Gasteiger partial charge on any atom is 0.339 e. The summed E-state index contributed by atoms with van der Waals surface area (Å²) < 4.78 is 36.5. The van der Waals surface area contributed by atoms with Crippen molar-refractivity contribution in [3.63, 3.8) is 0 Å². The minimum Gasteiger partial charge on any atom is -0.497 e. The van der Waals surface area contributed by atoms with E-state index in [4.69, 9.17) is 21.1 Å². The number of hydrogen-bond acceptors (Lipinski definition) is 7. The second-order valence-corrected chi connectivity index (χ2v) is 10.3. The van der Waals surface area contributed by atoms with Crippen LogP contribution in [0.4, 0.5) is 5.69 Å². The van der Waals surface area contributed by atoms with Gasteiger partial charge in [0, 0.05) is 5.56 Å². The fourth-order valence-electron chi connectivity index (χ4n) is 3.18. The highest BCUT2D eigenvalue weighted by atomic mass is 32.2. The van der Waals surface area contributed by atoms with Gasteiger partial charge in [0.2, 0.25) is 0 Å². The van der Waals surface area contributed by atoms with Gasteiger partial charge in [-0.25, -0.2) is 0 Å². The van der Waals surface area contributed by atoms with Crippen molar-refractivity contribution >= 4 is 56.1 Å². The Bertz CT molecular complexity index is 1360. The highest BCUT2D eigenvalue weighted by molar-refractivity contribution is 8.27. The molecule has 0 unspecified atom stereocenters. The molecule has 0 saturated carbocycles. The molecule has 0 aliphatic carbocycles. The zero-order valence-corrected chi connectivity index (χ0v) is 20.2. The highest BCUT2D eigenvalue weighted by Gasteiger charge is 2.33. The van der Waals surface area contributed by atoms with Gasteiger partial charge in [0.1, 0.15) is 16.4 Å². The predicted octanol–water partition coefficient (Wildman–Crippen LogP) is 5.18. The molecule has 33 heavy (non-hydrogen) atoms. The number of carbonyl (C=O) groups excluding carboxylic acids is 1. The lowest BCUT2D eigenvalue weighted by Crippen LogP contribution is -2.27. The summed E-state index contributed by atoms with van der Waals surface area (Å²) >= 11 is 6.59. The lowest BCUT2D eigenvalue weighted by molar-refractivity contribution is -0.113. The number of methoxy groups -OCH3 is 1. The second-order valence-electron chi connectivity index (χ2n) is 7.11. The summed E-state index contributed by atoms with van der Waals surface area (Å²) in [7, 11) is -2.59. The van der Waals surface area contributed by atoms with Gasteiger partial charge in [0.15, 0.2) is 4.32 Å². The van der Waals surface area contributed by atoms with Crippen LogP contribution < -0.4 is 13.8 Å². The van der Waals surface area contributed by atoms with Gasteiger partial charge < -0.3 is 8.92 Å². The average Bonchev–Trinajstić information content (AvgIpc) is 3.07. The maximum atomic E-state index is 13.1. The van der Waals surface area contributed by atoms with E-state index < -0.39 is 10.1 Å². The van der Waals surface area contributed by atoms with Gasteiger partial charge in [0.05, 0.1) is 17.7 Å². The van der Waals surface area contributed by atoms with E-state index in [1.165, 1.54) is 30.2 Å². The van der Waals surface area contributed by atoms with Crippen molar-refractivity contribution in [2.45, 2.75) is 11.8 Å². The van der Waals surface area contributed by atoms with Crippen LogP contribution in [0.5, 0.6) is 11.5 Å². The van der Waals surface area contributed by atoms with E-state index >= 15 is 0 Å². The largest absolute Gasteiger partial charge is 0.497 e. The molecule has 9 heteroatoms. The summed E-state index contributed by atoms with van der Waals surface area (Å²) in [5.74, 6) is 0.363. The lowest BCUT2D eigenvalue weighted by atomic mass is 10.2. The Morgan fingerprint density at radius 3 is 2.42 bits per heavy atom. The molecule has 0 N–H and O–H groups in total. The molecule has 1 fully saturated rings. The molecule has 1 saturated heterocycles. The Morgan fingerprint density at radius 2 is 1.73 bits per heavy atom. The van der Waals surface area contributed by atoms with Crippen LogP contribution in [0, 0.1) is 6.92 Å². The molecule has 6 nitrogen and oxygen atoms in total. The first-order chi connectivity index (χ1) is 15.8. The van der Waals surface area contributed by atoms with Crippen LogP contribution in [0.2, 0.25) is 0 Å². The van der Waals surface area contributed by atoms with Crippen molar-refractivity contribution in [3.8, 4) is 11.5 Å². The smallest absolute Gasteiger partial charge is 0.339 e. The SMILES string of the molecule is COc1ccc(S(=O)(=O)Oc2ccccc2/C=C2\SC(=S)N(c3cccc(C)c3)C2=O)cc1. The van der Waals surface area contributed by atoms with Crippen LogP contribution in [-0.4, -0.2) is 25.8 Å². The Hall–Kier alpha value is -3.14. The van der Waals surface area contributed by atoms with E-state index in [9.17, 15) is 13.2 Å². The van der Waals surface area contributed by atoms with Gasteiger partial charge in [0.25, 0.3) is 5.91 Å². The molecule has 1 aliphatic rings. The minimum atomic E-state index is -4.09. The van der Waals surface area contributed by atoms with Crippen molar-refractivity contribution in [3.05, 3.63) is 88.8 Å². The van der Waals surface area contributed by atoms with Crippen molar-refractivity contribution < 1.29 is 22.1 Å². The Labute approximate surface area is 202 Å². The zero-order valence-electron chi connectivity index (χ0n) is 17.7. The van der Waals surface area contributed by atoms with Gasteiger partial charge >= 0.3 is 10.1 Å². The highest BCUT2D eigenvalue weighted by Crippen LogP contribution is 2.37. The molecule has 4 rings (SSSR count). The monoisotopic (exact) mass is 497 g/mol. The average molecular weight is 498 g/mol. The first-order valence-corrected chi connectivity index (χ1v) is 12.4. The van der Waals surface area contributed by atoms with Gasteiger partial charge in [-0.3, -0.25) is 9.69 Å². The summed E-state index contributed by atoms with van der Waals surface area (Å²) in [6, 6.07) is 20.0. The number of amides is 1. The Balaban J connectivity index is 1.63. The number of thiocarbonyl (C=S) groups is 1. The summed E-state index contributed by atoms with van der Waals surface area (Å²) in [5, 5.41) is 0. The third-order valence-corrected chi connectivity index (χ3v) is 7.36. The molecular weight excluding hydrogens is 478 g/mol. The number of rotatable bonds is 6. The number of carbonyl (C=O) groups is 1. The number of anilines is 1. The molecule has 3 aromatic rings. The number of ether oxygens (including phenoxy) is 1. The Morgan fingerprint density at radius 1 is 1.00 bits per heavy atom. The number of benzene rings is 3. The molecule has 168 valence electrons. The second kappa shape index (κ2) is 9.38. The van der Waals surface area contributed by atoms with Gasteiger partial charge in [-0.1, -0.05) is 54.3 Å². The zero-order chi connectivity index (χ0) is 23.6. The standard InChI is InChI=1S/C24H19NO5S3/c1-16-6-5-8-18(14-16)25-23(26)22(32-24(25)31)15-17-7-3-4-9-21(17)30-33(27,28)20-12-10-19(29-2)11-13-20/h3-15H,1-2H3/b22-15-. The first kappa shape index (κ1) is 23.0. The molecule has 3 aromatic carbocycles. The van der Waals surface area contributed by atoms with E-state index in [0.29, 0.717) is 26.2 Å². The van der Waals surface area contributed by atoms with E-state index in [1.54, 1.807) is 36.4 Å². The molecule has 0 spiro atoms. The molecule has 1 amide bonds. The van der Waals surface area contributed by atoms with E-state index in [-0.39, 0.29) is 16.6 Å². The molecule has 1 heterocycles. The van der Waals surface area contributed by atoms with Crippen molar-refractivity contribution in [2.24, 2.45) is 0 Å². The summed E-state index contributed by atoms with van der Waals surface area (Å²) in [6.07, 6.45) is 1.59. The third kappa shape index (κ3) is 4.95. The van der Waals surface area contributed by atoms with Crippen LogP contribution in [0.1, 0.15) is 11.1 Å². The van der Waals surface area contributed by atoms with E-state index in [1.807, 2.05) is 31.2 Å². The fraction of sp³-hybridized carbons (Fsp3) is 0.0833. The van der Waals surface area contributed by atoms with Crippen LogP contribution >= 0.6 is 24.0 Å². The minimum absolute atomic E-state index is 0.0103. The predicted molar refractivity (Wildman–Crippen MR) is 134 cm³/mol. The number of aryl methyl sites for hydroxylation is 1. The van der Waals surface area contributed by atoms with E-state index in [2.05, 4.69) is 0 Å². The van der Waals surface area contributed by atoms with Crippen LogP contribution in [0.25, 0.3) is 6.08 Å². The van der Waals surface area contributed by atoms with Crippen LogP contribution in [0.15, 0.2) is 82.6 Å². The quantitative estimate of drug-likeness (QED) is 0.264. The number of nitrogens with zero attached hydrogens (tertiary/aromatic N) is 1. The van der Waals surface area contributed by atoms with E-state index in [0.717, 1.165) is 17.3 Å². The van der Waals surface area contributed by atoms with Crippen molar-refractivity contribution in [2.75, 3.05) is 12.0 Å². The van der Waals surface area contributed by atoms with Crippen molar-refractivity contribution in [1.29, 1.82) is 0 Å². The van der Waals surface area contributed by atoms with Crippen molar-refractivity contribution in [1.82, 2.24) is 0 Å². The normalized spacial score (nSPS) is 15.2. The number of hydrogen-bond donors (Lipinski definition) is 0. The number of thioether (sulfide) groups is 1. The summed E-state index contributed by atoms with van der Waals surface area (Å²) in [6.45, 7) is 1.94. The molecular formula is C24H19NO5S3. The van der Waals surface area contributed by atoms with Gasteiger partial charge in [-0.2, -0.15) is 8.42 Å². The molecule has 0 atom stereocenters. The van der Waals surface area contributed by atoms with Crippen LogP contribution in [0.3, 0.4) is 0 Å². The summed E-state index contributed by atoms with van der Waals surface area (Å²) in [5.41, 5.74) is 2.14. The van der Waals surface area contributed by atoms with Gasteiger partial charge in [-0.15, -0.1) is 0 Å². The Kier molecular flexibility index (Phi) is 6.55. The fourth-order valence-corrected chi connectivity index (χ4v) is 5.43. The van der Waals surface area contributed by atoms with Crippen LogP contribution in [-0.2, 0) is 14.9 Å².